The van der Waals surface area contributed by atoms with E-state index in [1.807, 2.05) is 125 Å². The van der Waals surface area contributed by atoms with Gasteiger partial charge in [0.2, 0.25) is 0 Å². The lowest BCUT2D eigenvalue weighted by atomic mass is 9.74. The Morgan fingerprint density at radius 2 is 0.681 bits per heavy atom. The van der Waals surface area contributed by atoms with Gasteiger partial charge in [0.1, 0.15) is 53.4 Å². The summed E-state index contributed by atoms with van der Waals surface area (Å²) in [4.78, 5) is 15.4. The van der Waals surface area contributed by atoms with Gasteiger partial charge < -0.3 is 57.6 Å². The van der Waals surface area contributed by atoms with Crippen molar-refractivity contribution in [1.29, 1.82) is 47.4 Å². The van der Waals surface area contributed by atoms with Crippen molar-refractivity contribution in [3.8, 4) is 77.6 Å². The molecule has 5 aromatic carbocycles. The van der Waals surface area contributed by atoms with Crippen molar-refractivity contribution in [3.63, 3.8) is 0 Å². The van der Waals surface area contributed by atoms with Gasteiger partial charge in [-0.1, -0.05) is 119 Å². The average Bonchev–Trinajstić information content (AvgIpc) is 0.789. The molecule has 0 bridgehead atoms. The smallest absolute Gasteiger partial charge is 0.194 e. The fourth-order valence-electron chi connectivity index (χ4n) is 11.2. The first-order valence-electron chi connectivity index (χ1n) is 37.0. The lowest BCUT2D eigenvalue weighted by Gasteiger charge is -2.34. The standard InChI is InChI=1S/C22H27N3O3.C14H22O3.2C13H20O3.C8H10N2.C8H4N2.C6Cl2N4.CH3NO2/c1-4-26-13-19-6-15(3)7-20(14-27-5-2)22(19)28-21-9-17(11-24)16(10-23)8-18(21)12-25;1-5-16-9-12-7-11(3)8-13(10-17-6-2)14(12)15-4;2*1-4-15-8-11-6-10(3)7-12(13(11)14)9-16-5-2;2*9-5-7-3-1-2-4-8(7)6-10;7-5-6(8)12-4(2-10)3(1-9)11-5;1-2(3)4/h6-7,16-18,21H,4-5,8-9,13-14H2,1-3H3;7-8H,5-6,9-10H2,1-4H3;2*6-7,14H,4-5,8-9H2,1-3H3;7-8H,1-4H2;1-4H;;1H3. The third kappa shape index (κ3) is 37.6. The molecule has 2 fully saturated rings. The Kier molecular flexibility index (Phi) is 52.7. The second kappa shape index (κ2) is 59.2. The second-order valence-electron chi connectivity index (χ2n) is 25.0. The summed E-state index contributed by atoms with van der Waals surface area (Å²) in [6, 6.07) is 41.0. The summed E-state index contributed by atoms with van der Waals surface area (Å²) in [5.41, 5.74) is 12.5. The predicted octanol–water partition coefficient (Wildman–Crippen LogP) is 17.3. The lowest BCUT2D eigenvalue weighted by Crippen LogP contribution is -2.38. The number of phenols is 2. The molecule has 113 heavy (non-hydrogen) atoms. The first-order chi connectivity index (χ1) is 54.3. The highest BCUT2D eigenvalue weighted by atomic mass is 35.5. The molecule has 6 atom stereocenters. The van der Waals surface area contributed by atoms with Crippen LogP contribution < -0.4 is 9.47 Å². The molecule has 28 heteroatoms. The Bertz CT molecular complexity index is 4010. The van der Waals surface area contributed by atoms with Gasteiger partial charge in [-0.05, 0) is 114 Å². The van der Waals surface area contributed by atoms with Gasteiger partial charge in [0.15, 0.2) is 28.7 Å². The van der Waals surface area contributed by atoms with Crippen molar-refractivity contribution in [2.75, 3.05) is 67.0 Å². The largest absolute Gasteiger partial charge is 0.507 e. The number of ether oxygens (including phenoxy) is 10. The number of benzene rings is 5. The molecule has 0 aliphatic heterocycles. The van der Waals surface area contributed by atoms with Gasteiger partial charge in [-0.3, -0.25) is 10.1 Å². The molecule has 6 unspecified atom stereocenters. The lowest BCUT2D eigenvalue weighted by molar-refractivity contribution is -0.445. The summed E-state index contributed by atoms with van der Waals surface area (Å²) >= 11 is 10.9. The Morgan fingerprint density at radius 1 is 0.425 bits per heavy atom. The Morgan fingerprint density at radius 3 is 0.929 bits per heavy atom. The zero-order chi connectivity index (χ0) is 84.6. The predicted molar refractivity (Wildman–Crippen MR) is 425 cm³/mol. The highest BCUT2D eigenvalue weighted by Gasteiger charge is 2.40. The molecule has 0 radical (unpaired) electrons. The van der Waals surface area contributed by atoms with Crippen LogP contribution in [-0.4, -0.2) is 98.2 Å². The minimum atomic E-state index is -0.500. The molecule has 8 rings (SSSR count). The van der Waals surface area contributed by atoms with E-state index in [4.69, 9.17) is 112 Å². The summed E-state index contributed by atoms with van der Waals surface area (Å²) in [5.74, 6) is 0.879. The van der Waals surface area contributed by atoms with Crippen LogP contribution in [0.3, 0.4) is 0 Å². The molecule has 2 aliphatic carbocycles. The van der Waals surface area contributed by atoms with Gasteiger partial charge in [-0.15, -0.1) is 0 Å². The van der Waals surface area contributed by atoms with Crippen molar-refractivity contribution >= 4 is 23.2 Å². The van der Waals surface area contributed by atoms with E-state index in [0.717, 1.165) is 99.7 Å². The van der Waals surface area contributed by atoms with Crippen molar-refractivity contribution in [1.82, 2.24) is 9.97 Å². The second-order valence-corrected chi connectivity index (χ2v) is 25.7. The summed E-state index contributed by atoms with van der Waals surface area (Å²) < 4.78 is 55.2. The number of nitro groups is 1. The molecule has 26 nitrogen and oxygen atoms in total. The van der Waals surface area contributed by atoms with Gasteiger partial charge in [0, 0.05) is 109 Å². The average molecular weight is 1590 g/mol. The highest BCUT2D eigenvalue weighted by Crippen LogP contribution is 2.39. The van der Waals surface area contributed by atoms with Crippen molar-refractivity contribution in [2.24, 2.45) is 29.6 Å². The minimum Gasteiger partial charge on any atom is -0.507 e. The number of nitrogens with zero attached hydrogens (tertiary/aromatic N) is 12. The number of aromatic nitrogens is 2. The zero-order valence-electron chi connectivity index (χ0n) is 67.4. The van der Waals surface area contributed by atoms with Crippen LogP contribution in [0.1, 0.15) is 183 Å². The number of aryl methyl sites for hydroxylation is 4. The van der Waals surface area contributed by atoms with Crippen LogP contribution in [0.15, 0.2) is 72.8 Å². The van der Waals surface area contributed by atoms with Crippen LogP contribution in [0.5, 0.6) is 23.0 Å². The van der Waals surface area contributed by atoms with E-state index in [1.165, 1.54) is 5.56 Å². The maximum absolute atomic E-state index is 10.0. The van der Waals surface area contributed by atoms with E-state index >= 15 is 0 Å². The summed E-state index contributed by atoms with van der Waals surface area (Å²) in [6.45, 7) is 32.6. The topological polar surface area (TPSA) is 416 Å². The molecule has 2 aliphatic rings. The fourth-order valence-corrected chi connectivity index (χ4v) is 11.5. The number of methoxy groups -OCH3 is 1. The van der Waals surface area contributed by atoms with E-state index in [0.29, 0.717) is 147 Å². The maximum atomic E-state index is 10.0. The molecule has 1 heterocycles. The van der Waals surface area contributed by atoms with Crippen LogP contribution in [0.2, 0.25) is 10.3 Å². The van der Waals surface area contributed by atoms with Gasteiger partial charge in [0.25, 0.3) is 0 Å². The number of halogens is 2. The number of hydrogen-bond acceptors (Lipinski definition) is 25. The molecule has 0 spiro atoms. The summed E-state index contributed by atoms with van der Waals surface area (Å²) in [7, 11) is 2.58. The molecule has 0 amide bonds. The Hall–Kier alpha value is -10.6. The van der Waals surface area contributed by atoms with Crippen molar-refractivity contribution in [2.45, 2.75) is 181 Å². The van der Waals surface area contributed by atoms with Crippen LogP contribution in [0.25, 0.3) is 0 Å². The van der Waals surface area contributed by atoms with Crippen LogP contribution in [0, 0.1) is 169 Å². The fraction of sp³-hybridized carbons (Fsp3) is 0.494. The van der Waals surface area contributed by atoms with E-state index in [9.17, 15) is 26.0 Å². The maximum Gasteiger partial charge on any atom is 0.194 e. The first kappa shape index (κ1) is 100. The Labute approximate surface area is 676 Å². The Balaban J connectivity index is 0.000000672. The third-order valence-electron chi connectivity index (χ3n) is 16.5. The number of phenolic OH excluding ortho intramolecular Hbond substituents is 2. The number of hydrogen-bond donors (Lipinski definition) is 2. The van der Waals surface area contributed by atoms with E-state index in [1.54, 1.807) is 43.5 Å². The molecular formula is C85H106Cl2N12O14. The van der Waals surface area contributed by atoms with Gasteiger partial charge in [-0.25, -0.2) is 9.97 Å². The SMILES string of the molecule is CCOCc1cc(C)cc(COCC)c1O.CCOCc1cc(C)cc(COCC)c1O.CCOCc1cc(C)cc(COCC)c1OC.CCOCc1cc(C)cc(COCC)c1OC1CC(C#N)C(C#N)CC1C#N.C[N+](=O)[O-].N#CC1CCCCC1C#N.N#Cc1ccccc1C#N.N#Cc1nc(Cl)c(Cl)nc1C#N. The van der Waals surface area contributed by atoms with Crippen LogP contribution in [-0.2, 0) is 90.7 Å². The molecule has 6 aromatic rings. The molecule has 604 valence electrons. The van der Waals surface area contributed by atoms with E-state index < -0.39 is 28.8 Å². The molecule has 2 N–H and O–H groups in total. The minimum absolute atomic E-state index is 0.0127. The summed E-state index contributed by atoms with van der Waals surface area (Å²) in [6.07, 6.45) is 4.37. The molecule has 2 saturated carbocycles. The first-order valence-corrected chi connectivity index (χ1v) is 37.8. The number of rotatable bonds is 27. The van der Waals surface area contributed by atoms with E-state index in [-0.39, 0.29) is 33.5 Å². The van der Waals surface area contributed by atoms with Gasteiger partial charge in [-0.2, -0.15) is 47.4 Å². The third-order valence-corrected chi connectivity index (χ3v) is 17.1. The highest BCUT2D eigenvalue weighted by molar-refractivity contribution is 6.40. The van der Waals surface area contributed by atoms with Crippen LogP contribution in [0.4, 0.5) is 0 Å². The normalized spacial score (nSPS) is 15.2. The molecule has 1 aromatic heterocycles. The zero-order valence-corrected chi connectivity index (χ0v) is 68.9. The van der Waals surface area contributed by atoms with Crippen molar-refractivity contribution < 1.29 is 62.5 Å². The van der Waals surface area contributed by atoms with Gasteiger partial charge >= 0.3 is 0 Å². The van der Waals surface area contributed by atoms with Crippen molar-refractivity contribution in [3.05, 3.63) is 182 Å². The van der Waals surface area contributed by atoms with Gasteiger partial charge in [0.05, 0.1) is 131 Å². The molecule has 0 saturated heterocycles. The molecular weight excluding hydrogens is 1480 g/mol. The monoisotopic (exact) mass is 1590 g/mol. The van der Waals surface area contributed by atoms with E-state index in [2.05, 4.69) is 59.4 Å². The van der Waals surface area contributed by atoms with Crippen LogP contribution >= 0.6 is 23.2 Å². The number of nitriles is 9. The summed E-state index contributed by atoms with van der Waals surface area (Å²) in [5, 5.41) is 108. The quantitative estimate of drug-likeness (QED) is 0.0357. The number of aromatic hydroxyl groups is 2.